The van der Waals surface area contributed by atoms with Crippen molar-refractivity contribution in [1.29, 1.82) is 0 Å². The molecule has 1 fully saturated rings. The summed E-state index contributed by atoms with van der Waals surface area (Å²) in [6.45, 7) is 6.36. The Bertz CT molecular complexity index is 474. The first-order valence-corrected chi connectivity index (χ1v) is 6.60. The van der Waals surface area contributed by atoms with E-state index in [-0.39, 0.29) is 11.5 Å². The first-order valence-electron chi connectivity index (χ1n) is 6.60. The van der Waals surface area contributed by atoms with Gasteiger partial charge in [-0.2, -0.15) is 0 Å². The van der Waals surface area contributed by atoms with Gasteiger partial charge in [0.15, 0.2) is 0 Å². The highest BCUT2D eigenvalue weighted by Gasteiger charge is 2.28. The maximum Gasteiger partial charge on any atom is 0.354 e. The van der Waals surface area contributed by atoms with Gasteiger partial charge < -0.3 is 10.3 Å². The quantitative estimate of drug-likeness (QED) is 0.447. The summed E-state index contributed by atoms with van der Waals surface area (Å²) in [4.78, 5) is 22.8. The molecular formula is C11H19N7O2. The molecule has 1 aliphatic heterocycles. The maximum atomic E-state index is 11.2. The molecule has 1 aliphatic rings. The maximum absolute atomic E-state index is 11.2. The third-order valence-electron chi connectivity index (χ3n) is 3.33. The van der Waals surface area contributed by atoms with Gasteiger partial charge in [-0.1, -0.05) is 6.92 Å². The molecule has 2 heterocycles. The van der Waals surface area contributed by atoms with E-state index in [9.17, 15) is 10.1 Å². The molecular weight excluding hydrogens is 262 g/mol. The van der Waals surface area contributed by atoms with Crippen LogP contribution in [0.25, 0.3) is 0 Å². The van der Waals surface area contributed by atoms with Crippen molar-refractivity contribution in [2.45, 2.75) is 13.3 Å². The summed E-state index contributed by atoms with van der Waals surface area (Å²) in [6, 6.07) is 0. The molecule has 110 valence electrons. The summed E-state index contributed by atoms with van der Waals surface area (Å²) < 4.78 is 0. The molecule has 3 N–H and O–H groups in total. The molecule has 1 saturated heterocycles. The molecule has 9 nitrogen and oxygen atoms in total. The highest BCUT2D eigenvalue weighted by Crippen LogP contribution is 2.31. The molecule has 1 aromatic rings. The lowest BCUT2D eigenvalue weighted by molar-refractivity contribution is -0.383. The van der Waals surface area contributed by atoms with Gasteiger partial charge in [-0.15, -0.1) is 0 Å². The van der Waals surface area contributed by atoms with Crippen LogP contribution in [0.15, 0.2) is 6.33 Å². The van der Waals surface area contributed by atoms with Crippen LogP contribution in [-0.4, -0.2) is 52.5 Å². The highest BCUT2D eigenvalue weighted by atomic mass is 16.6. The largest absolute Gasteiger partial charge is 0.354 e. The minimum atomic E-state index is -0.497. The number of aromatic nitrogens is 2. The number of anilines is 2. The lowest BCUT2D eigenvalue weighted by Crippen LogP contribution is -2.47. The number of nitro groups is 1. The first kappa shape index (κ1) is 14.4. The van der Waals surface area contributed by atoms with E-state index in [1.165, 1.54) is 6.33 Å². The molecule has 0 unspecified atom stereocenters. The van der Waals surface area contributed by atoms with Gasteiger partial charge >= 0.3 is 5.69 Å². The zero-order valence-corrected chi connectivity index (χ0v) is 11.4. The zero-order valence-electron chi connectivity index (χ0n) is 11.4. The fourth-order valence-corrected chi connectivity index (χ4v) is 2.37. The zero-order chi connectivity index (χ0) is 14.5. The number of hydrazine groups is 1. The van der Waals surface area contributed by atoms with Gasteiger partial charge in [0.1, 0.15) is 6.33 Å². The summed E-state index contributed by atoms with van der Waals surface area (Å²) >= 11 is 0. The molecule has 0 radical (unpaired) electrons. The molecule has 0 aromatic carbocycles. The third kappa shape index (κ3) is 2.94. The van der Waals surface area contributed by atoms with E-state index in [1.54, 1.807) is 0 Å². The topological polar surface area (TPSA) is 113 Å². The van der Waals surface area contributed by atoms with E-state index >= 15 is 0 Å². The summed E-state index contributed by atoms with van der Waals surface area (Å²) in [6.07, 6.45) is 2.39. The third-order valence-corrected chi connectivity index (χ3v) is 3.33. The van der Waals surface area contributed by atoms with Crippen LogP contribution in [-0.2, 0) is 0 Å². The van der Waals surface area contributed by atoms with Crippen molar-refractivity contribution < 1.29 is 4.92 Å². The Morgan fingerprint density at radius 3 is 2.65 bits per heavy atom. The Labute approximate surface area is 116 Å². The van der Waals surface area contributed by atoms with Gasteiger partial charge in [0.05, 0.1) is 4.92 Å². The number of piperazine rings is 1. The van der Waals surface area contributed by atoms with Crippen LogP contribution in [0.2, 0.25) is 0 Å². The first-order chi connectivity index (χ1) is 9.67. The van der Waals surface area contributed by atoms with Crippen LogP contribution in [0.3, 0.4) is 0 Å². The summed E-state index contributed by atoms with van der Waals surface area (Å²) in [5.74, 6) is 5.64. The molecule has 0 atom stereocenters. The van der Waals surface area contributed by atoms with Gasteiger partial charge in [-0.3, -0.25) is 15.0 Å². The van der Waals surface area contributed by atoms with Crippen molar-refractivity contribution in [1.82, 2.24) is 14.9 Å². The molecule has 1 aromatic heterocycles. The van der Waals surface area contributed by atoms with E-state index in [2.05, 4.69) is 27.2 Å². The minimum Gasteiger partial charge on any atom is -0.348 e. The van der Waals surface area contributed by atoms with Crippen LogP contribution >= 0.6 is 0 Å². The Morgan fingerprint density at radius 2 is 2.10 bits per heavy atom. The second-order valence-corrected chi connectivity index (χ2v) is 4.62. The standard InChI is InChI=1S/C11H19N7O2/c1-2-3-16-4-6-17(7-5-16)11-9(18(19)20)10(15-12)13-8-14-11/h8H,2-7,12H2,1H3,(H,13,14,15). The summed E-state index contributed by atoms with van der Waals surface area (Å²) in [7, 11) is 0. The molecule has 0 aliphatic carbocycles. The van der Waals surface area contributed by atoms with Crippen LogP contribution in [0.5, 0.6) is 0 Å². The minimum absolute atomic E-state index is 0.0380. The van der Waals surface area contributed by atoms with E-state index in [4.69, 9.17) is 5.84 Å². The van der Waals surface area contributed by atoms with Crippen molar-refractivity contribution >= 4 is 17.3 Å². The van der Waals surface area contributed by atoms with Crippen molar-refractivity contribution in [2.75, 3.05) is 43.0 Å². The number of hydrogen-bond acceptors (Lipinski definition) is 8. The monoisotopic (exact) mass is 281 g/mol. The van der Waals surface area contributed by atoms with Gasteiger partial charge in [0, 0.05) is 26.2 Å². The molecule has 0 bridgehead atoms. The molecule has 20 heavy (non-hydrogen) atoms. The van der Waals surface area contributed by atoms with E-state index in [0.717, 1.165) is 26.1 Å². The second-order valence-electron chi connectivity index (χ2n) is 4.62. The lowest BCUT2D eigenvalue weighted by atomic mass is 10.2. The van der Waals surface area contributed by atoms with Crippen molar-refractivity contribution in [2.24, 2.45) is 5.84 Å². The molecule has 0 saturated carbocycles. The number of nitrogens with two attached hydrogens (primary N) is 1. The van der Waals surface area contributed by atoms with E-state index in [0.29, 0.717) is 18.9 Å². The van der Waals surface area contributed by atoms with Crippen molar-refractivity contribution in [3.05, 3.63) is 16.4 Å². The van der Waals surface area contributed by atoms with E-state index < -0.39 is 4.92 Å². The number of nitrogen functional groups attached to an aromatic ring is 1. The SMILES string of the molecule is CCCN1CCN(c2ncnc(NN)c2[N+](=O)[O-])CC1. The number of nitrogens with one attached hydrogen (secondary N) is 1. The number of nitrogens with zero attached hydrogens (tertiary/aromatic N) is 5. The normalized spacial score (nSPS) is 16.2. The number of hydrogen-bond donors (Lipinski definition) is 2. The van der Waals surface area contributed by atoms with Gasteiger partial charge in [-0.05, 0) is 13.0 Å². The smallest absolute Gasteiger partial charge is 0.348 e. The molecule has 0 amide bonds. The number of rotatable bonds is 5. The molecule has 9 heteroatoms. The average Bonchev–Trinajstić information content (AvgIpc) is 2.47. The Morgan fingerprint density at radius 1 is 1.40 bits per heavy atom. The van der Waals surface area contributed by atoms with Crippen LogP contribution in [0, 0.1) is 10.1 Å². The summed E-state index contributed by atoms with van der Waals surface area (Å²) in [5.41, 5.74) is 2.09. The lowest BCUT2D eigenvalue weighted by Gasteiger charge is -2.34. The van der Waals surface area contributed by atoms with Gasteiger partial charge in [-0.25, -0.2) is 15.8 Å². The van der Waals surface area contributed by atoms with Crippen LogP contribution < -0.4 is 16.2 Å². The molecule has 0 spiro atoms. The Hall–Kier alpha value is -2.00. The van der Waals surface area contributed by atoms with Crippen molar-refractivity contribution in [3.8, 4) is 0 Å². The van der Waals surface area contributed by atoms with Crippen molar-refractivity contribution in [3.63, 3.8) is 0 Å². The molecule has 2 rings (SSSR count). The Kier molecular flexibility index (Phi) is 4.64. The van der Waals surface area contributed by atoms with Crippen LogP contribution in [0.1, 0.15) is 13.3 Å². The van der Waals surface area contributed by atoms with Gasteiger partial charge in [0.25, 0.3) is 0 Å². The van der Waals surface area contributed by atoms with Crippen LogP contribution in [0.4, 0.5) is 17.3 Å². The predicted octanol–water partition coefficient (Wildman–Crippen LogP) is 0.202. The Balaban J connectivity index is 2.19. The summed E-state index contributed by atoms with van der Waals surface area (Å²) in [5, 5.41) is 11.2. The predicted molar refractivity (Wildman–Crippen MR) is 75.4 cm³/mol. The highest BCUT2D eigenvalue weighted by molar-refractivity contribution is 5.70. The van der Waals surface area contributed by atoms with E-state index in [1.807, 2.05) is 4.90 Å². The second kappa shape index (κ2) is 6.44. The average molecular weight is 281 g/mol. The van der Waals surface area contributed by atoms with Gasteiger partial charge in [0.2, 0.25) is 11.6 Å². The fourth-order valence-electron chi connectivity index (χ4n) is 2.37. The fraction of sp³-hybridized carbons (Fsp3) is 0.636.